The summed E-state index contributed by atoms with van der Waals surface area (Å²) in [4.78, 5) is 0. The van der Waals surface area contributed by atoms with E-state index in [1.165, 1.54) is 38.5 Å². The van der Waals surface area contributed by atoms with Gasteiger partial charge in [-0.2, -0.15) is 0 Å². The monoisotopic (exact) mass is 168 g/mol. The van der Waals surface area contributed by atoms with Crippen molar-refractivity contribution in [3.05, 3.63) is 0 Å². The van der Waals surface area contributed by atoms with Gasteiger partial charge in [0, 0.05) is 0 Å². The van der Waals surface area contributed by atoms with Gasteiger partial charge in [-0.05, 0) is 24.7 Å². The van der Waals surface area contributed by atoms with Gasteiger partial charge < -0.3 is 4.74 Å². The minimum atomic E-state index is 0.658. The van der Waals surface area contributed by atoms with Crippen molar-refractivity contribution in [1.82, 2.24) is 0 Å². The van der Waals surface area contributed by atoms with Gasteiger partial charge >= 0.3 is 0 Å². The van der Waals surface area contributed by atoms with E-state index in [2.05, 4.69) is 6.92 Å². The molecule has 1 aliphatic carbocycles. The number of ether oxygens (including phenoxy) is 1. The van der Waals surface area contributed by atoms with Gasteiger partial charge in [0.05, 0.1) is 12.7 Å². The van der Waals surface area contributed by atoms with Gasteiger partial charge in [0.1, 0.15) is 0 Å². The van der Waals surface area contributed by atoms with Crippen molar-refractivity contribution >= 4 is 0 Å². The van der Waals surface area contributed by atoms with E-state index in [0.29, 0.717) is 6.10 Å². The molecule has 1 saturated heterocycles. The minimum Gasteiger partial charge on any atom is -0.373 e. The van der Waals surface area contributed by atoms with Crippen molar-refractivity contribution in [3.8, 4) is 0 Å². The summed E-state index contributed by atoms with van der Waals surface area (Å²) in [6, 6.07) is 0. The zero-order valence-electron chi connectivity index (χ0n) is 8.09. The molecule has 2 rings (SSSR count). The molecule has 1 aliphatic heterocycles. The third-order valence-electron chi connectivity index (χ3n) is 3.47. The van der Waals surface area contributed by atoms with E-state index < -0.39 is 0 Å². The SMILES string of the molecule is CCC1CCCC(CC2CO2)C1. The summed E-state index contributed by atoms with van der Waals surface area (Å²) in [7, 11) is 0. The Morgan fingerprint density at radius 3 is 2.67 bits per heavy atom. The second kappa shape index (κ2) is 3.78. The van der Waals surface area contributed by atoms with Crippen LogP contribution in [-0.2, 0) is 4.74 Å². The molecule has 3 unspecified atom stereocenters. The molecular weight excluding hydrogens is 148 g/mol. The standard InChI is InChI=1S/C11H20O/c1-2-9-4-3-5-10(6-9)7-11-8-12-11/h9-11H,2-8H2,1H3. The summed E-state index contributed by atoms with van der Waals surface area (Å²) < 4.78 is 5.28. The molecular formula is C11H20O. The van der Waals surface area contributed by atoms with Crippen LogP contribution in [0.2, 0.25) is 0 Å². The molecule has 0 aromatic heterocycles. The number of hydrogen-bond donors (Lipinski definition) is 0. The Kier molecular flexibility index (Phi) is 2.69. The highest BCUT2D eigenvalue weighted by Crippen LogP contribution is 2.35. The highest BCUT2D eigenvalue weighted by molar-refractivity contribution is 4.79. The fourth-order valence-electron chi connectivity index (χ4n) is 2.56. The summed E-state index contributed by atoms with van der Waals surface area (Å²) in [5.41, 5.74) is 0. The molecule has 0 amide bonds. The van der Waals surface area contributed by atoms with E-state index >= 15 is 0 Å². The largest absolute Gasteiger partial charge is 0.373 e. The molecule has 0 aromatic carbocycles. The minimum absolute atomic E-state index is 0.658. The predicted octanol–water partition coefficient (Wildman–Crippen LogP) is 2.99. The topological polar surface area (TPSA) is 12.5 Å². The highest BCUT2D eigenvalue weighted by Gasteiger charge is 2.29. The molecule has 1 saturated carbocycles. The van der Waals surface area contributed by atoms with Crippen LogP contribution >= 0.6 is 0 Å². The lowest BCUT2D eigenvalue weighted by atomic mass is 9.78. The normalized spacial score (nSPS) is 41.2. The van der Waals surface area contributed by atoms with Gasteiger partial charge in [-0.15, -0.1) is 0 Å². The van der Waals surface area contributed by atoms with Crippen molar-refractivity contribution in [2.75, 3.05) is 6.61 Å². The highest BCUT2D eigenvalue weighted by atomic mass is 16.6. The Balaban J connectivity index is 1.73. The van der Waals surface area contributed by atoms with Gasteiger partial charge in [0.2, 0.25) is 0 Å². The van der Waals surface area contributed by atoms with E-state index in [1.807, 2.05) is 0 Å². The number of rotatable bonds is 3. The summed E-state index contributed by atoms with van der Waals surface area (Å²) in [5.74, 6) is 2.03. The van der Waals surface area contributed by atoms with Crippen LogP contribution in [-0.4, -0.2) is 12.7 Å². The maximum Gasteiger partial charge on any atom is 0.0812 e. The van der Waals surface area contributed by atoms with Crippen LogP contribution in [0.3, 0.4) is 0 Å². The lowest BCUT2D eigenvalue weighted by Gasteiger charge is -2.27. The first-order valence-corrected chi connectivity index (χ1v) is 5.50. The first-order chi connectivity index (χ1) is 5.88. The molecule has 2 fully saturated rings. The van der Waals surface area contributed by atoms with E-state index in [1.54, 1.807) is 0 Å². The fourth-order valence-corrected chi connectivity index (χ4v) is 2.56. The van der Waals surface area contributed by atoms with Crippen LogP contribution in [0.25, 0.3) is 0 Å². The first-order valence-electron chi connectivity index (χ1n) is 5.50. The molecule has 1 nitrogen and oxygen atoms in total. The van der Waals surface area contributed by atoms with Gasteiger partial charge in [-0.25, -0.2) is 0 Å². The van der Waals surface area contributed by atoms with Crippen LogP contribution in [0.5, 0.6) is 0 Å². The Hall–Kier alpha value is -0.0400. The van der Waals surface area contributed by atoms with Crippen LogP contribution in [0.15, 0.2) is 0 Å². The third-order valence-corrected chi connectivity index (χ3v) is 3.47. The van der Waals surface area contributed by atoms with Crippen molar-refractivity contribution < 1.29 is 4.74 Å². The van der Waals surface area contributed by atoms with Gasteiger partial charge in [-0.3, -0.25) is 0 Å². The Bertz CT molecular complexity index is 140. The average molecular weight is 168 g/mol. The molecule has 0 aromatic rings. The lowest BCUT2D eigenvalue weighted by Crippen LogP contribution is -2.16. The number of epoxide rings is 1. The molecule has 0 radical (unpaired) electrons. The Labute approximate surface area is 75.5 Å². The molecule has 12 heavy (non-hydrogen) atoms. The summed E-state index contributed by atoms with van der Waals surface area (Å²) >= 11 is 0. The van der Waals surface area contributed by atoms with Crippen LogP contribution in [0, 0.1) is 11.8 Å². The van der Waals surface area contributed by atoms with Crippen LogP contribution in [0.1, 0.15) is 45.4 Å². The van der Waals surface area contributed by atoms with Crippen molar-refractivity contribution in [1.29, 1.82) is 0 Å². The molecule has 0 spiro atoms. The Morgan fingerprint density at radius 1 is 1.25 bits per heavy atom. The molecule has 2 aliphatic rings. The zero-order valence-corrected chi connectivity index (χ0v) is 8.09. The molecule has 1 heteroatoms. The molecule has 0 bridgehead atoms. The molecule has 0 N–H and O–H groups in total. The van der Waals surface area contributed by atoms with Gasteiger partial charge in [0.15, 0.2) is 0 Å². The smallest absolute Gasteiger partial charge is 0.0812 e. The van der Waals surface area contributed by atoms with Crippen molar-refractivity contribution in [2.45, 2.75) is 51.6 Å². The second-order valence-corrected chi connectivity index (χ2v) is 4.50. The second-order valence-electron chi connectivity index (χ2n) is 4.50. The van der Waals surface area contributed by atoms with E-state index in [9.17, 15) is 0 Å². The predicted molar refractivity (Wildman–Crippen MR) is 50.1 cm³/mol. The molecule has 1 heterocycles. The van der Waals surface area contributed by atoms with Gasteiger partial charge in [0.25, 0.3) is 0 Å². The fraction of sp³-hybridized carbons (Fsp3) is 1.00. The van der Waals surface area contributed by atoms with Crippen molar-refractivity contribution in [2.24, 2.45) is 11.8 Å². The lowest BCUT2D eigenvalue weighted by molar-refractivity contribution is 0.231. The quantitative estimate of drug-likeness (QED) is 0.590. The van der Waals surface area contributed by atoms with Crippen LogP contribution < -0.4 is 0 Å². The van der Waals surface area contributed by atoms with E-state index in [-0.39, 0.29) is 0 Å². The summed E-state index contributed by atoms with van der Waals surface area (Å²) in [6.45, 7) is 3.38. The first kappa shape index (κ1) is 8.55. The summed E-state index contributed by atoms with van der Waals surface area (Å²) in [5, 5.41) is 0. The van der Waals surface area contributed by atoms with Crippen LogP contribution in [0.4, 0.5) is 0 Å². The Morgan fingerprint density at radius 2 is 2.00 bits per heavy atom. The van der Waals surface area contributed by atoms with E-state index in [4.69, 9.17) is 4.74 Å². The van der Waals surface area contributed by atoms with Crippen molar-refractivity contribution in [3.63, 3.8) is 0 Å². The maximum absolute atomic E-state index is 5.28. The average Bonchev–Trinajstić information content (AvgIpc) is 2.89. The van der Waals surface area contributed by atoms with Gasteiger partial charge in [-0.1, -0.05) is 32.6 Å². The maximum atomic E-state index is 5.28. The third kappa shape index (κ3) is 2.22. The number of hydrogen-bond acceptors (Lipinski definition) is 1. The molecule has 70 valence electrons. The summed E-state index contributed by atoms with van der Waals surface area (Å²) in [6.07, 6.45) is 9.31. The van der Waals surface area contributed by atoms with E-state index in [0.717, 1.165) is 18.4 Å². The zero-order chi connectivity index (χ0) is 8.39. The molecule has 3 atom stereocenters.